The van der Waals surface area contributed by atoms with Gasteiger partial charge in [0, 0.05) is 23.5 Å². The SMILES string of the molecule is CCOC(=O)C(C/C=C\CO)(Cc1c[nH]c2ccc(C)cc12)C(=O)OCC. The molecule has 2 aromatic rings. The lowest BCUT2D eigenvalue weighted by molar-refractivity contribution is -0.171. The number of H-pyrrole nitrogens is 1. The van der Waals surface area contributed by atoms with E-state index in [1.54, 1.807) is 19.9 Å². The molecular weight excluding hydrogens is 346 g/mol. The number of carbonyl (C=O) groups excluding carboxylic acids is 2. The maximum atomic E-state index is 12.9. The van der Waals surface area contributed by atoms with Gasteiger partial charge in [-0.1, -0.05) is 23.8 Å². The number of nitrogens with one attached hydrogen (secondary N) is 1. The van der Waals surface area contributed by atoms with Crippen LogP contribution < -0.4 is 0 Å². The summed E-state index contributed by atoms with van der Waals surface area (Å²) in [4.78, 5) is 28.9. The van der Waals surface area contributed by atoms with E-state index >= 15 is 0 Å². The van der Waals surface area contributed by atoms with Crippen LogP contribution in [-0.2, 0) is 25.5 Å². The number of aromatic nitrogens is 1. The molecule has 0 aliphatic rings. The Morgan fingerprint density at radius 3 is 2.41 bits per heavy atom. The van der Waals surface area contributed by atoms with Crippen LogP contribution in [0.1, 0.15) is 31.4 Å². The van der Waals surface area contributed by atoms with E-state index in [0.717, 1.165) is 22.0 Å². The molecule has 27 heavy (non-hydrogen) atoms. The zero-order valence-electron chi connectivity index (χ0n) is 16.1. The van der Waals surface area contributed by atoms with Gasteiger partial charge in [0.2, 0.25) is 0 Å². The minimum Gasteiger partial charge on any atom is -0.465 e. The maximum absolute atomic E-state index is 12.9. The normalized spacial score (nSPS) is 11.9. The number of ether oxygens (including phenoxy) is 2. The summed E-state index contributed by atoms with van der Waals surface area (Å²) in [6, 6.07) is 5.98. The summed E-state index contributed by atoms with van der Waals surface area (Å²) in [5, 5.41) is 10.0. The summed E-state index contributed by atoms with van der Waals surface area (Å²) in [5.41, 5.74) is 1.35. The van der Waals surface area contributed by atoms with Crippen LogP contribution in [-0.4, -0.2) is 41.8 Å². The molecular formula is C21H27NO5. The molecule has 0 aliphatic carbocycles. The third-order valence-corrected chi connectivity index (χ3v) is 4.49. The molecule has 0 fully saturated rings. The number of benzene rings is 1. The largest absolute Gasteiger partial charge is 0.465 e. The summed E-state index contributed by atoms with van der Waals surface area (Å²) >= 11 is 0. The van der Waals surface area contributed by atoms with Gasteiger partial charge in [0.25, 0.3) is 0 Å². The van der Waals surface area contributed by atoms with Crippen molar-refractivity contribution in [3.05, 3.63) is 47.7 Å². The van der Waals surface area contributed by atoms with E-state index in [2.05, 4.69) is 4.98 Å². The lowest BCUT2D eigenvalue weighted by Gasteiger charge is -2.28. The highest BCUT2D eigenvalue weighted by Crippen LogP contribution is 2.34. The van der Waals surface area contributed by atoms with Crippen LogP contribution >= 0.6 is 0 Å². The third kappa shape index (κ3) is 4.57. The average molecular weight is 373 g/mol. The van der Waals surface area contributed by atoms with E-state index in [1.807, 2.05) is 31.3 Å². The van der Waals surface area contributed by atoms with E-state index in [4.69, 9.17) is 14.6 Å². The molecule has 1 heterocycles. The Labute approximate surface area is 159 Å². The van der Waals surface area contributed by atoms with Crippen molar-refractivity contribution < 1.29 is 24.2 Å². The van der Waals surface area contributed by atoms with Crippen LogP contribution in [0, 0.1) is 12.3 Å². The van der Waals surface area contributed by atoms with Crippen molar-refractivity contribution in [2.45, 2.75) is 33.6 Å². The Morgan fingerprint density at radius 1 is 1.15 bits per heavy atom. The number of rotatable bonds is 9. The molecule has 6 nitrogen and oxygen atoms in total. The number of esters is 2. The second-order valence-electron chi connectivity index (χ2n) is 6.42. The first-order chi connectivity index (χ1) is 13.0. The van der Waals surface area contributed by atoms with Crippen LogP contribution in [0.5, 0.6) is 0 Å². The van der Waals surface area contributed by atoms with Gasteiger partial charge < -0.3 is 19.6 Å². The zero-order valence-corrected chi connectivity index (χ0v) is 16.1. The molecule has 6 heteroatoms. The number of hydrogen-bond donors (Lipinski definition) is 2. The van der Waals surface area contributed by atoms with Gasteiger partial charge in [0.15, 0.2) is 5.41 Å². The topological polar surface area (TPSA) is 88.6 Å². The fourth-order valence-corrected chi connectivity index (χ4v) is 3.13. The molecule has 0 spiro atoms. The van der Waals surface area contributed by atoms with Crippen molar-refractivity contribution in [3.63, 3.8) is 0 Å². The first-order valence-corrected chi connectivity index (χ1v) is 9.15. The smallest absolute Gasteiger partial charge is 0.324 e. The molecule has 146 valence electrons. The molecule has 0 atom stereocenters. The van der Waals surface area contributed by atoms with Crippen LogP contribution in [0.25, 0.3) is 10.9 Å². The van der Waals surface area contributed by atoms with Gasteiger partial charge in [-0.3, -0.25) is 9.59 Å². The Hall–Kier alpha value is -2.60. The second-order valence-corrected chi connectivity index (χ2v) is 6.42. The van der Waals surface area contributed by atoms with E-state index < -0.39 is 17.4 Å². The fourth-order valence-electron chi connectivity index (χ4n) is 3.13. The van der Waals surface area contributed by atoms with Gasteiger partial charge in [0.05, 0.1) is 19.8 Å². The molecule has 0 aliphatic heterocycles. The molecule has 0 bridgehead atoms. The molecule has 1 aromatic carbocycles. The number of aryl methyl sites for hydroxylation is 1. The maximum Gasteiger partial charge on any atom is 0.324 e. The minimum atomic E-state index is -1.50. The lowest BCUT2D eigenvalue weighted by Crippen LogP contribution is -2.43. The van der Waals surface area contributed by atoms with Gasteiger partial charge >= 0.3 is 11.9 Å². The molecule has 0 saturated heterocycles. The molecule has 1 aromatic heterocycles. The molecule has 0 unspecified atom stereocenters. The Bertz CT molecular complexity index is 803. The Morgan fingerprint density at radius 2 is 1.81 bits per heavy atom. The lowest BCUT2D eigenvalue weighted by atomic mass is 9.78. The first-order valence-electron chi connectivity index (χ1n) is 9.15. The predicted octanol–water partition coefficient (Wildman–Crippen LogP) is 3.07. The van der Waals surface area contributed by atoms with E-state index in [9.17, 15) is 9.59 Å². The highest BCUT2D eigenvalue weighted by molar-refractivity contribution is 6.01. The highest BCUT2D eigenvalue weighted by atomic mass is 16.6. The number of aliphatic hydroxyl groups excluding tert-OH is 1. The summed E-state index contributed by atoms with van der Waals surface area (Å²) in [6.45, 7) is 5.55. The highest BCUT2D eigenvalue weighted by Gasteiger charge is 2.48. The van der Waals surface area contributed by atoms with Gasteiger partial charge in [-0.2, -0.15) is 0 Å². The summed E-state index contributed by atoms with van der Waals surface area (Å²) in [7, 11) is 0. The molecule has 0 amide bonds. The van der Waals surface area contributed by atoms with Crippen molar-refractivity contribution in [2.24, 2.45) is 5.41 Å². The van der Waals surface area contributed by atoms with Crippen LogP contribution in [0.3, 0.4) is 0 Å². The predicted molar refractivity (Wildman–Crippen MR) is 103 cm³/mol. The summed E-state index contributed by atoms with van der Waals surface area (Å²) < 4.78 is 10.5. The number of allylic oxidation sites excluding steroid dienone is 1. The fraction of sp³-hybridized carbons (Fsp3) is 0.429. The number of aliphatic hydroxyl groups is 1. The van der Waals surface area contributed by atoms with Gasteiger partial charge in [0.1, 0.15) is 0 Å². The second kappa shape index (κ2) is 9.37. The Balaban J connectivity index is 2.53. The standard InChI is InChI=1S/C21H27NO5/c1-4-26-19(24)21(10-6-7-11-23,20(25)27-5-2)13-16-14-22-18-9-8-15(3)12-17(16)18/h6-9,12,14,22-23H,4-5,10-11,13H2,1-3H3/b7-6-. The number of hydrogen-bond acceptors (Lipinski definition) is 5. The van der Waals surface area contributed by atoms with Crippen LogP contribution in [0.2, 0.25) is 0 Å². The Kier molecular flexibility index (Phi) is 7.19. The monoisotopic (exact) mass is 373 g/mol. The number of carbonyl (C=O) groups is 2. The first kappa shape index (κ1) is 20.7. The van der Waals surface area contributed by atoms with Crippen molar-refractivity contribution in [1.82, 2.24) is 4.98 Å². The molecule has 0 saturated carbocycles. The van der Waals surface area contributed by atoms with Crippen LogP contribution in [0.15, 0.2) is 36.5 Å². The van der Waals surface area contributed by atoms with Crippen molar-refractivity contribution in [3.8, 4) is 0 Å². The van der Waals surface area contributed by atoms with Crippen LogP contribution in [0.4, 0.5) is 0 Å². The third-order valence-electron chi connectivity index (χ3n) is 4.49. The van der Waals surface area contributed by atoms with E-state index in [-0.39, 0.29) is 32.7 Å². The summed E-state index contributed by atoms with van der Waals surface area (Å²) in [6.07, 6.45) is 5.17. The zero-order chi connectivity index (χ0) is 19.9. The average Bonchev–Trinajstić information content (AvgIpc) is 3.03. The van der Waals surface area contributed by atoms with Gasteiger partial charge in [-0.15, -0.1) is 0 Å². The van der Waals surface area contributed by atoms with E-state index in [0.29, 0.717) is 0 Å². The molecule has 0 radical (unpaired) electrons. The minimum absolute atomic E-state index is 0.0870. The van der Waals surface area contributed by atoms with Gasteiger partial charge in [-0.05, 0) is 44.9 Å². The summed E-state index contributed by atoms with van der Waals surface area (Å²) in [5.74, 6) is -1.24. The number of aromatic amines is 1. The molecule has 2 rings (SSSR count). The van der Waals surface area contributed by atoms with Crippen molar-refractivity contribution in [2.75, 3.05) is 19.8 Å². The number of fused-ring (bicyclic) bond motifs is 1. The van der Waals surface area contributed by atoms with Crippen molar-refractivity contribution in [1.29, 1.82) is 0 Å². The quantitative estimate of drug-likeness (QED) is 0.401. The van der Waals surface area contributed by atoms with Crippen molar-refractivity contribution >= 4 is 22.8 Å². The molecule has 2 N–H and O–H groups in total. The van der Waals surface area contributed by atoms with Gasteiger partial charge in [-0.25, -0.2) is 0 Å². The van der Waals surface area contributed by atoms with E-state index in [1.165, 1.54) is 6.08 Å².